The highest BCUT2D eigenvalue weighted by atomic mass is 16.5. The normalized spacial score (nSPS) is 19.5. The number of ether oxygens (including phenoxy) is 1. The molecule has 0 radical (unpaired) electrons. The lowest BCUT2D eigenvalue weighted by molar-refractivity contribution is 0.0415. The molecule has 1 atom stereocenters. The van der Waals surface area contributed by atoms with Crippen LogP contribution in [0, 0.1) is 11.3 Å². The molecule has 1 aromatic rings. The largest absolute Gasteiger partial charge is 0.381 e. The summed E-state index contributed by atoms with van der Waals surface area (Å²) in [4.78, 5) is 2.31. The van der Waals surface area contributed by atoms with Gasteiger partial charge in [-0.25, -0.2) is 0 Å². The third-order valence-corrected chi connectivity index (χ3v) is 4.16. The molecule has 4 nitrogen and oxygen atoms in total. The molecule has 108 valence electrons. The van der Waals surface area contributed by atoms with Crippen LogP contribution in [0.15, 0.2) is 30.3 Å². The van der Waals surface area contributed by atoms with E-state index in [1.54, 1.807) is 0 Å². The average Bonchev–Trinajstić information content (AvgIpc) is 2.54. The fourth-order valence-corrected chi connectivity index (χ4v) is 2.66. The van der Waals surface area contributed by atoms with E-state index in [0.29, 0.717) is 12.5 Å². The third-order valence-electron chi connectivity index (χ3n) is 4.16. The van der Waals surface area contributed by atoms with Crippen LogP contribution in [0.3, 0.4) is 0 Å². The molecule has 2 N–H and O–H groups in total. The molecule has 1 saturated heterocycles. The monoisotopic (exact) mass is 273 g/mol. The van der Waals surface area contributed by atoms with Gasteiger partial charge in [-0.2, -0.15) is 5.26 Å². The lowest BCUT2D eigenvalue weighted by Gasteiger charge is -2.33. The van der Waals surface area contributed by atoms with E-state index in [4.69, 9.17) is 10.5 Å². The van der Waals surface area contributed by atoms with Crippen LogP contribution in [0.5, 0.6) is 0 Å². The number of hydrogen-bond acceptors (Lipinski definition) is 4. The second-order valence-electron chi connectivity index (χ2n) is 5.52. The first kappa shape index (κ1) is 15.0. The zero-order valence-corrected chi connectivity index (χ0v) is 12.1. The van der Waals surface area contributed by atoms with E-state index in [-0.39, 0.29) is 0 Å². The molecule has 0 amide bonds. The van der Waals surface area contributed by atoms with E-state index < -0.39 is 5.54 Å². The summed E-state index contributed by atoms with van der Waals surface area (Å²) in [5.41, 5.74) is 6.27. The smallest absolute Gasteiger partial charge is 0.131 e. The molecule has 1 heterocycles. The van der Waals surface area contributed by atoms with Crippen molar-refractivity contribution in [2.45, 2.75) is 30.8 Å². The zero-order chi connectivity index (χ0) is 14.4. The molecule has 1 aliphatic rings. The van der Waals surface area contributed by atoms with Crippen LogP contribution in [0.2, 0.25) is 0 Å². The van der Waals surface area contributed by atoms with Gasteiger partial charge in [0, 0.05) is 25.8 Å². The summed E-state index contributed by atoms with van der Waals surface area (Å²) in [5.74, 6) is 0. The molecule has 2 rings (SSSR count). The van der Waals surface area contributed by atoms with Gasteiger partial charge in [0.1, 0.15) is 5.54 Å². The maximum Gasteiger partial charge on any atom is 0.131 e. The molecule has 0 aliphatic carbocycles. The highest BCUT2D eigenvalue weighted by molar-refractivity contribution is 5.30. The van der Waals surface area contributed by atoms with E-state index in [1.807, 2.05) is 30.3 Å². The van der Waals surface area contributed by atoms with Gasteiger partial charge in [-0.3, -0.25) is 0 Å². The molecule has 4 heteroatoms. The van der Waals surface area contributed by atoms with Gasteiger partial charge in [0.2, 0.25) is 0 Å². The molecular formula is C16H23N3O. The van der Waals surface area contributed by atoms with Gasteiger partial charge >= 0.3 is 0 Å². The molecule has 0 saturated carbocycles. The fourth-order valence-electron chi connectivity index (χ4n) is 2.66. The van der Waals surface area contributed by atoms with Crippen molar-refractivity contribution in [3.8, 4) is 6.07 Å². The van der Waals surface area contributed by atoms with Gasteiger partial charge in [0.15, 0.2) is 0 Å². The predicted molar refractivity (Wildman–Crippen MR) is 79.0 cm³/mol. The maximum atomic E-state index is 9.45. The lowest BCUT2D eigenvalue weighted by atomic mass is 9.89. The van der Waals surface area contributed by atoms with Gasteiger partial charge in [-0.15, -0.1) is 0 Å². The van der Waals surface area contributed by atoms with Crippen molar-refractivity contribution < 1.29 is 4.74 Å². The molecule has 0 aromatic heterocycles. The van der Waals surface area contributed by atoms with Gasteiger partial charge in [0.05, 0.1) is 6.07 Å². The third kappa shape index (κ3) is 3.57. The van der Waals surface area contributed by atoms with Gasteiger partial charge in [-0.05, 0) is 31.9 Å². The van der Waals surface area contributed by atoms with Crippen LogP contribution in [0.1, 0.15) is 24.8 Å². The first-order valence-corrected chi connectivity index (χ1v) is 7.19. The topological polar surface area (TPSA) is 62.3 Å². The van der Waals surface area contributed by atoms with E-state index in [1.165, 1.54) is 0 Å². The van der Waals surface area contributed by atoms with E-state index in [9.17, 15) is 5.26 Å². The molecule has 0 spiro atoms. The van der Waals surface area contributed by atoms with Crippen LogP contribution < -0.4 is 5.73 Å². The summed E-state index contributed by atoms with van der Waals surface area (Å²) >= 11 is 0. The van der Waals surface area contributed by atoms with Crippen molar-refractivity contribution in [3.05, 3.63) is 35.9 Å². The predicted octanol–water partition coefficient (Wildman–Crippen LogP) is 1.87. The summed E-state index contributed by atoms with van der Waals surface area (Å²) in [5, 5.41) is 9.45. The second kappa shape index (κ2) is 6.85. The van der Waals surface area contributed by atoms with Crippen molar-refractivity contribution in [3.63, 3.8) is 0 Å². The SMILES string of the molecule is CN(CCC(N)(C#N)c1ccccc1)C1CCOCC1. The minimum absolute atomic E-state index is 0.544. The minimum Gasteiger partial charge on any atom is -0.381 e. The molecule has 1 fully saturated rings. The maximum absolute atomic E-state index is 9.45. The number of benzene rings is 1. The van der Waals surface area contributed by atoms with Crippen LogP contribution in [0.4, 0.5) is 0 Å². The summed E-state index contributed by atoms with van der Waals surface area (Å²) in [6, 6.07) is 12.5. The first-order valence-electron chi connectivity index (χ1n) is 7.19. The van der Waals surface area contributed by atoms with E-state index in [2.05, 4.69) is 18.0 Å². The Balaban J connectivity index is 1.95. The highest BCUT2D eigenvalue weighted by Crippen LogP contribution is 2.23. The molecular weight excluding hydrogens is 250 g/mol. The Morgan fingerprint density at radius 3 is 2.60 bits per heavy atom. The Kier molecular flexibility index (Phi) is 5.13. The highest BCUT2D eigenvalue weighted by Gasteiger charge is 2.28. The van der Waals surface area contributed by atoms with Crippen LogP contribution in [-0.2, 0) is 10.3 Å². The van der Waals surface area contributed by atoms with Gasteiger partial charge < -0.3 is 15.4 Å². The Labute approximate surface area is 121 Å². The average molecular weight is 273 g/mol. The Hall–Kier alpha value is -1.41. The van der Waals surface area contributed by atoms with E-state index >= 15 is 0 Å². The van der Waals surface area contributed by atoms with Gasteiger partial charge in [0.25, 0.3) is 0 Å². The summed E-state index contributed by atoms with van der Waals surface area (Å²) in [6.07, 6.45) is 2.76. The standard InChI is InChI=1S/C16H23N3O/c1-19(15-7-11-20-12-8-15)10-9-16(18,13-17)14-5-3-2-4-6-14/h2-6,15H,7-12,18H2,1H3. The quantitative estimate of drug-likeness (QED) is 0.889. The minimum atomic E-state index is -0.902. The number of nitriles is 1. The Morgan fingerprint density at radius 2 is 2.00 bits per heavy atom. The van der Waals surface area contributed by atoms with Crippen LogP contribution >= 0.6 is 0 Å². The van der Waals surface area contributed by atoms with E-state index in [0.717, 1.165) is 38.2 Å². The molecule has 1 unspecified atom stereocenters. The summed E-state index contributed by atoms with van der Waals surface area (Å²) in [6.45, 7) is 2.49. The second-order valence-corrected chi connectivity index (χ2v) is 5.52. The first-order chi connectivity index (χ1) is 9.65. The Bertz CT molecular complexity index is 451. The van der Waals surface area contributed by atoms with Crippen molar-refractivity contribution >= 4 is 0 Å². The molecule has 1 aliphatic heterocycles. The molecule has 0 bridgehead atoms. The van der Waals surface area contributed by atoms with Crippen molar-refractivity contribution in [1.29, 1.82) is 5.26 Å². The lowest BCUT2D eigenvalue weighted by Crippen LogP contribution is -2.42. The molecule has 1 aromatic carbocycles. The summed E-state index contributed by atoms with van der Waals surface area (Å²) < 4.78 is 5.38. The number of hydrogen-bond donors (Lipinski definition) is 1. The van der Waals surface area contributed by atoms with Gasteiger partial charge in [-0.1, -0.05) is 30.3 Å². The summed E-state index contributed by atoms with van der Waals surface area (Å²) in [7, 11) is 2.11. The van der Waals surface area contributed by atoms with Crippen molar-refractivity contribution in [1.82, 2.24) is 4.90 Å². The fraction of sp³-hybridized carbons (Fsp3) is 0.562. The van der Waals surface area contributed by atoms with Crippen molar-refractivity contribution in [2.24, 2.45) is 5.73 Å². The number of nitrogens with two attached hydrogens (primary N) is 1. The van der Waals surface area contributed by atoms with Crippen molar-refractivity contribution in [2.75, 3.05) is 26.8 Å². The zero-order valence-electron chi connectivity index (χ0n) is 12.1. The number of nitrogens with zero attached hydrogens (tertiary/aromatic N) is 2. The van der Waals surface area contributed by atoms with Crippen LogP contribution in [0.25, 0.3) is 0 Å². The molecule has 20 heavy (non-hydrogen) atoms. The number of rotatable bonds is 5. The van der Waals surface area contributed by atoms with Crippen LogP contribution in [-0.4, -0.2) is 37.7 Å². The Morgan fingerprint density at radius 1 is 1.35 bits per heavy atom.